The summed E-state index contributed by atoms with van der Waals surface area (Å²) in [4.78, 5) is 20.3. The van der Waals surface area contributed by atoms with Gasteiger partial charge in [0, 0.05) is 5.57 Å². The number of hydrogen-bond donors (Lipinski definition) is 1. The van der Waals surface area contributed by atoms with Crippen molar-refractivity contribution in [1.29, 1.82) is 0 Å². The van der Waals surface area contributed by atoms with Crippen LogP contribution in [0.3, 0.4) is 0 Å². The molecule has 7 nitrogen and oxygen atoms in total. The average Bonchev–Trinajstić information content (AvgIpc) is 2.56. The van der Waals surface area contributed by atoms with Crippen LogP contribution in [0, 0.1) is 10.1 Å². The summed E-state index contributed by atoms with van der Waals surface area (Å²) in [5, 5.41) is 22.7. The van der Waals surface area contributed by atoms with Crippen molar-refractivity contribution in [2.45, 2.75) is 13.5 Å². The zero-order valence-corrected chi connectivity index (χ0v) is 9.84. The molecule has 0 aliphatic heterocycles. The molecule has 0 aromatic carbocycles. The number of nitro groups is 1. The molecule has 0 aliphatic carbocycles. The highest BCUT2D eigenvalue weighted by Crippen LogP contribution is 2.21. The number of halogens is 1. The molecule has 0 fully saturated rings. The summed E-state index contributed by atoms with van der Waals surface area (Å²) >= 11 is 2.99. The molecular formula is C8H8BrN3O4. The molecule has 0 amide bonds. The highest BCUT2D eigenvalue weighted by molar-refractivity contribution is 9.10. The number of nitrogens with zero attached hydrogens (tertiary/aromatic N) is 3. The minimum Gasteiger partial charge on any atom is -0.478 e. The highest BCUT2D eigenvalue weighted by atomic mass is 79.9. The first-order chi connectivity index (χ1) is 7.41. The van der Waals surface area contributed by atoms with E-state index in [0.717, 1.165) is 0 Å². The van der Waals surface area contributed by atoms with Gasteiger partial charge in [-0.15, -0.1) is 0 Å². The Morgan fingerprint density at radius 3 is 2.88 bits per heavy atom. The number of aromatic nitrogens is 2. The van der Waals surface area contributed by atoms with Gasteiger partial charge in [0.05, 0.1) is 17.8 Å². The van der Waals surface area contributed by atoms with Gasteiger partial charge in [0.25, 0.3) is 0 Å². The molecule has 1 N–H and O–H groups in total. The Kier molecular flexibility index (Phi) is 3.78. The van der Waals surface area contributed by atoms with Crippen LogP contribution < -0.4 is 0 Å². The molecule has 0 unspecified atom stereocenters. The third kappa shape index (κ3) is 2.89. The van der Waals surface area contributed by atoms with Gasteiger partial charge in [-0.2, -0.15) is 4.68 Å². The highest BCUT2D eigenvalue weighted by Gasteiger charge is 2.17. The van der Waals surface area contributed by atoms with Gasteiger partial charge in [0.2, 0.25) is 0 Å². The average molecular weight is 290 g/mol. The number of carbonyl (C=O) groups is 1. The van der Waals surface area contributed by atoms with Crippen molar-refractivity contribution in [2.24, 2.45) is 0 Å². The summed E-state index contributed by atoms with van der Waals surface area (Å²) in [5.41, 5.74) is 0.161. The van der Waals surface area contributed by atoms with E-state index in [1.165, 1.54) is 23.9 Å². The van der Waals surface area contributed by atoms with Crippen molar-refractivity contribution < 1.29 is 14.8 Å². The summed E-state index contributed by atoms with van der Waals surface area (Å²) in [6.07, 6.45) is 2.84. The predicted octanol–water partition coefficient (Wildman–Crippen LogP) is 1.58. The van der Waals surface area contributed by atoms with Gasteiger partial charge in [-0.05, 0) is 27.8 Å². The van der Waals surface area contributed by atoms with Gasteiger partial charge in [-0.3, -0.25) is 0 Å². The molecule has 0 aliphatic rings. The minimum absolute atomic E-state index is 0.161. The largest absolute Gasteiger partial charge is 0.478 e. The van der Waals surface area contributed by atoms with Gasteiger partial charge in [-0.25, -0.2) is 4.79 Å². The first kappa shape index (κ1) is 12.4. The zero-order chi connectivity index (χ0) is 12.3. The first-order valence-electron chi connectivity index (χ1n) is 4.19. The van der Waals surface area contributed by atoms with Gasteiger partial charge in [-0.1, -0.05) is 6.08 Å². The molecular weight excluding hydrogens is 282 g/mol. The number of allylic oxidation sites excluding steroid dienone is 1. The lowest BCUT2D eigenvalue weighted by atomic mass is 10.3. The quantitative estimate of drug-likeness (QED) is 0.515. The van der Waals surface area contributed by atoms with E-state index >= 15 is 0 Å². The lowest BCUT2D eigenvalue weighted by Crippen LogP contribution is -2.01. The molecule has 16 heavy (non-hydrogen) atoms. The van der Waals surface area contributed by atoms with E-state index in [2.05, 4.69) is 21.0 Å². The zero-order valence-electron chi connectivity index (χ0n) is 8.25. The summed E-state index contributed by atoms with van der Waals surface area (Å²) in [6.45, 7) is 1.61. The fraction of sp³-hybridized carbons (Fsp3) is 0.250. The second kappa shape index (κ2) is 4.88. The van der Waals surface area contributed by atoms with Crippen LogP contribution >= 0.6 is 15.9 Å². The van der Waals surface area contributed by atoms with Gasteiger partial charge in [0.1, 0.15) is 4.47 Å². The molecule has 0 atom stereocenters. The molecule has 1 aromatic heterocycles. The summed E-state index contributed by atoms with van der Waals surface area (Å²) < 4.78 is 1.55. The Balaban J connectivity index is 2.84. The van der Waals surface area contributed by atoms with E-state index in [1.54, 1.807) is 0 Å². The standard InChI is InChI=1S/C8H8BrN3O4/c1-5(8(13)14)2-3-11-4-6(9)7(10-11)12(15)16/h2,4H,3H2,1H3,(H,13,14). The van der Waals surface area contributed by atoms with E-state index in [9.17, 15) is 14.9 Å². The molecule has 0 radical (unpaired) electrons. The van der Waals surface area contributed by atoms with E-state index in [4.69, 9.17) is 5.11 Å². The molecule has 1 heterocycles. The van der Waals surface area contributed by atoms with Crippen LogP contribution in [-0.2, 0) is 11.3 Å². The second-order valence-corrected chi connectivity index (χ2v) is 3.83. The maximum atomic E-state index is 10.5. The fourth-order valence-electron chi connectivity index (χ4n) is 0.922. The van der Waals surface area contributed by atoms with Gasteiger partial charge >= 0.3 is 11.8 Å². The lowest BCUT2D eigenvalue weighted by Gasteiger charge is -1.92. The van der Waals surface area contributed by atoms with Gasteiger partial charge in [0.15, 0.2) is 0 Å². The summed E-state index contributed by atoms with van der Waals surface area (Å²) in [6, 6.07) is 0. The van der Waals surface area contributed by atoms with E-state index in [-0.39, 0.29) is 22.4 Å². The lowest BCUT2D eigenvalue weighted by molar-refractivity contribution is -0.390. The van der Waals surface area contributed by atoms with Crippen molar-refractivity contribution >= 4 is 27.7 Å². The Morgan fingerprint density at radius 2 is 2.44 bits per heavy atom. The monoisotopic (exact) mass is 289 g/mol. The maximum absolute atomic E-state index is 10.5. The fourth-order valence-corrected chi connectivity index (χ4v) is 1.38. The smallest absolute Gasteiger partial charge is 0.404 e. The van der Waals surface area contributed by atoms with Crippen LogP contribution in [-0.4, -0.2) is 25.8 Å². The molecule has 0 bridgehead atoms. The van der Waals surface area contributed by atoms with Gasteiger partial charge < -0.3 is 15.2 Å². The summed E-state index contributed by atoms with van der Waals surface area (Å²) in [7, 11) is 0. The van der Waals surface area contributed by atoms with Crippen molar-refractivity contribution in [3.8, 4) is 0 Å². The van der Waals surface area contributed by atoms with Crippen LogP contribution in [0.1, 0.15) is 6.92 Å². The van der Waals surface area contributed by atoms with Crippen LogP contribution in [0.25, 0.3) is 0 Å². The molecule has 0 saturated heterocycles. The van der Waals surface area contributed by atoms with Crippen LogP contribution in [0.2, 0.25) is 0 Å². The van der Waals surface area contributed by atoms with Crippen molar-refractivity contribution in [3.05, 3.63) is 32.4 Å². The predicted molar refractivity (Wildman–Crippen MR) is 58.0 cm³/mol. The van der Waals surface area contributed by atoms with Crippen molar-refractivity contribution in [3.63, 3.8) is 0 Å². The number of carboxylic acid groups (broad SMARTS) is 1. The third-order valence-corrected chi connectivity index (χ3v) is 2.35. The van der Waals surface area contributed by atoms with E-state index in [1.807, 2.05) is 0 Å². The Hall–Kier alpha value is -1.70. The van der Waals surface area contributed by atoms with E-state index in [0.29, 0.717) is 0 Å². The van der Waals surface area contributed by atoms with Crippen molar-refractivity contribution in [1.82, 2.24) is 9.78 Å². The molecule has 1 rings (SSSR count). The van der Waals surface area contributed by atoms with Crippen LogP contribution in [0.4, 0.5) is 5.82 Å². The minimum atomic E-state index is -1.03. The number of hydrogen-bond acceptors (Lipinski definition) is 4. The number of carboxylic acids is 1. The SMILES string of the molecule is CC(=CCn1cc(Br)c([N+](=O)[O-])n1)C(=O)O. The first-order valence-corrected chi connectivity index (χ1v) is 4.98. The third-order valence-electron chi connectivity index (χ3n) is 1.79. The Labute approximate surface area is 98.7 Å². The molecule has 1 aromatic rings. The second-order valence-electron chi connectivity index (χ2n) is 2.97. The molecule has 0 spiro atoms. The normalized spacial score (nSPS) is 11.5. The van der Waals surface area contributed by atoms with Crippen molar-refractivity contribution in [2.75, 3.05) is 0 Å². The molecule has 86 valence electrons. The summed E-state index contributed by atoms with van der Waals surface area (Å²) in [5.74, 6) is -1.32. The van der Waals surface area contributed by atoms with Crippen LogP contribution in [0.5, 0.6) is 0 Å². The number of aliphatic carboxylic acids is 1. The molecule has 0 saturated carbocycles. The Morgan fingerprint density at radius 1 is 1.81 bits per heavy atom. The maximum Gasteiger partial charge on any atom is 0.404 e. The van der Waals surface area contributed by atoms with Crippen LogP contribution in [0.15, 0.2) is 22.3 Å². The molecule has 8 heteroatoms. The topological polar surface area (TPSA) is 98.3 Å². The van der Waals surface area contributed by atoms with E-state index < -0.39 is 10.9 Å². The Bertz CT molecular complexity index is 466. The number of rotatable bonds is 4.